The number of hydrogen-bond acceptors (Lipinski definition) is 1. The molecule has 0 aliphatic heterocycles. The van der Waals surface area contributed by atoms with E-state index in [0.29, 0.717) is 0 Å². The number of aliphatic carboxylic acids is 1. The van der Waals surface area contributed by atoms with Crippen molar-refractivity contribution in [3.63, 3.8) is 0 Å². The molecule has 0 aliphatic carbocycles. The average Bonchev–Trinajstić information content (AvgIpc) is 2.29. The quantitative estimate of drug-likeness (QED) is 0.854. The Morgan fingerprint density at radius 2 is 1.88 bits per heavy atom. The lowest BCUT2D eigenvalue weighted by molar-refractivity contribution is -0.142. The lowest BCUT2D eigenvalue weighted by Crippen LogP contribution is -2.28. The number of carboxylic acids is 1. The summed E-state index contributed by atoms with van der Waals surface area (Å²) in [5.41, 5.74) is 1.16. The van der Waals surface area contributed by atoms with Gasteiger partial charge in [0.25, 0.3) is 0 Å². The molecule has 0 saturated heterocycles. The third-order valence-corrected chi connectivity index (χ3v) is 3.36. The Balaban J connectivity index is 2.66. The van der Waals surface area contributed by atoms with Crippen molar-refractivity contribution in [2.45, 2.75) is 26.2 Å². The summed E-state index contributed by atoms with van der Waals surface area (Å²) >= 11 is 0. The molecular formula is C15H16O2. The van der Waals surface area contributed by atoms with Gasteiger partial charge in [0.05, 0.1) is 5.41 Å². The minimum atomic E-state index is -0.851. The number of aryl methyl sites for hydroxylation is 1. The topological polar surface area (TPSA) is 37.3 Å². The molecule has 2 nitrogen and oxygen atoms in total. The van der Waals surface area contributed by atoms with Crippen LogP contribution in [0, 0.1) is 6.92 Å². The predicted molar refractivity (Wildman–Crippen MR) is 69.3 cm³/mol. The van der Waals surface area contributed by atoms with E-state index in [2.05, 4.69) is 0 Å². The van der Waals surface area contributed by atoms with Crippen LogP contribution in [-0.4, -0.2) is 11.1 Å². The molecule has 0 heterocycles. The first-order valence-electron chi connectivity index (χ1n) is 5.66. The number of carboxylic acid groups (broad SMARTS) is 1. The zero-order chi connectivity index (χ0) is 12.6. The molecule has 0 bridgehead atoms. The van der Waals surface area contributed by atoms with Crippen molar-refractivity contribution in [2.75, 3.05) is 0 Å². The van der Waals surface area contributed by atoms with Gasteiger partial charge in [0.2, 0.25) is 0 Å². The molecule has 0 amide bonds. The number of benzene rings is 2. The Bertz CT molecular complexity index is 582. The molecule has 0 spiro atoms. The lowest BCUT2D eigenvalue weighted by Gasteiger charge is -2.20. The molecule has 2 heteroatoms. The van der Waals surface area contributed by atoms with Gasteiger partial charge in [-0.3, -0.25) is 4.79 Å². The number of rotatable bonds is 2. The van der Waals surface area contributed by atoms with E-state index in [1.807, 2.05) is 43.3 Å². The van der Waals surface area contributed by atoms with E-state index < -0.39 is 11.4 Å². The summed E-state index contributed by atoms with van der Waals surface area (Å²) < 4.78 is 0. The number of hydrogen-bond donors (Lipinski definition) is 1. The molecular weight excluding hydrogens is 212 g/mol. The SMILES string of the molecule is Cc1cccc2ccc(C(C)(C)C(=O)O)cc12. The molecule has 0 fully saturated rings. The smallest absolute Gasteiger partial charge is 0.313 e. The fourth-order valence-electron chi connectivity index (χ4n) is 1.94. The van der Waals surface area contributed by atoms with E-state index in [1.54, 1.807) is 13.8 Å². The second-order valence-electron chi connectivity index (χ2n) is 4.94. The molecule has 2 rings (SSSR count). The first-order valence-corrected chi connectivity index (χ1v) is 5.66. The fourth-order valence-corrected chi connectivity index (χ4v) is 1.94. The van der Waals surface area contributed by atoms with Crippen molar-refractivity contribution < 1.29 is 9.90 Å². The van der Waals surface area contributed by atoms with E-state index in [-0.39, 0.29) is 0 Å². The van der Waals surface area contributed by atoms with Crippen LogP contribution in [0.5, 0.6) is 0 Å². The van der Waals surface area contributed by atoms with Crippen LogP contribution in [0.15, 0.2) is 36.4 Å². The standard InChI is InChI=1S/C15H16O2/c1-10-5-4-6-11-7-8-12(9-13(10)11)15(2,3)14(16)17/h4-9H,1-3H3,(H,16,17). The predicted octanol–water partition coefficient (Wildman–Crippen LogP) is 3.51. The van der Waals surface area contributed by atoms with Gasteiger partial charge in [0, 0.05) is 0 Å². The fraction of sp³-hybridized carbons (Fsp3) is 0.267. The normalized spacial score (nSPS) is 11.7. The van der Waals surface area contributed by atoms with Crippen LogP contribution >= 0.6 is 0 Å². The number of carbonyl (C=O) groups is 1. The summed E-state index contributed by atoms with van der Waals surface area (Å²) in [6, 6.07) is 12.0. The maximum absolute atomic E-state index is 11.2. The summed E-state index contributed by atoms with van der Waals surface area (Å²) in [5, 5.41) is 11.5. The van der Waals surface area contributed by atoms with E-state index in [4.69, 9.17) is 0 Å². The first kappa shape index (κ1) is 11.6. The van der Waals surface area contributed by atoms with Crippen LogP contribution in [-0.2, 0) is 10.2 Å². The molecule has 0 aliphatic rings. The maximum atomic E-state index is 11.2. The molecule has 17 heavy (non-hydrogen) atoms. The van der Waals surface area contributed by atoms with Crippen LogP contribution < -0.4 is 0 Å². The zero-order valence-electron chi connectivity index (χ0n) is 10.3. The molecule has 1 N–H and O–H groups in total. The van der Waals surface area contributed by atoms with Crippen molar-refractivity contribution in [3.05, 3.63) is 47.5 Å². The van der Waals surface area contributed by atoms with E-state index in [9.17, 15) is 9.90 Å². The van der Waals surface area contributed by atoms with Gasteiger partial charge >= 0.3 is 5.97 Å². The van der Waals surface area contributed by atoms with Crippen molar-refractivity contribution in [2.24, 2.45) is 0 Å². The molecule has 2 aromatic rings. The summed E-state index contributed by atoms with van der Waals surface area (Å²) in [6.07, 6.45) is 0. The Morgan fingerprint density at radius 1 is 1.18 bits per heavy atom. The van der Waals surface area contributed by atoms with Crippen molar-refractivity contribution in [3.8, 4) is 0 Å². The van der Waals surface area contributed by atoms with Crippen LogP contribution in [0.3, 0.4) is 0 Å². The Labute approximate surface area is 101 Å². The lowest BCUT2D eigenvalue weighted by atomic mass is 9.83. The number of fused-ring (bicyclic) bond motifs is 1. The highest BCUT2D eigenvalue weighted by Gasteiger charge is 2.29. The Hall–Kier alpha value is -1.83. The van der Waals surface area contributed by atoms with Crippen LogP contribution in [0.2, 0.25) is 0 Å². The van der Waals surface area contributed by atoms with E-state index in [0.717, 1.165) is 16.3 Å². The minimum absolute atomic E-state index is 0.801. The molecule has 0 atom stereocenters. The molecule has 0 unspecified atom stereocenters. The van der Waals surface area contributed by atoms with Crippen molar-refractivity contribution in [1.82, 2.24) is 0 Å². The first-order chi connectivity index (χ1) is 7.93. The highest BCUT2D eigenvalue weighted by Crippen LogP contribution is 2.28. The van der Waals surface area contributed by atoms with Crippen LogP contribution in [0.25, 0.3) is 10.8 Å². The van der Waals surface area contributed by atoms with Crippen LogP contribution in [0.4, 0.5) is 0 Å². The van der Waals surface area contributed by atoms with Crippen molar-refractivity contribution >= 4 is 16.7 Å². The monoisotopic (exact) mass is 228 g/mol. The van der Waals surface area contributed by atoms with Gasteiger partial charge in [-0.25, -0.2) is 0 Å². The van der Waals surface area contributed by atoms with Gasteiger partial charge in [0.1, 0.15) is 0 Å². The molecule has 2 aromatic carbocycles. The second kappa shape index (κ2) is 3.88. The van der Waals surface area contributed by atoms with E-state index >= 15 is 0 Å². The average molecular weight is 228 g/mol. The highest BCUT2D eigenvalue weighted by atomic mass is 16.4. The van der Waals surface area contributed by atoms with Gasteiger partial charge in [-0.05, 0) is 48.7 Å². The third-order valence-electron chi connectivity index (χ3n) is 3.36. The molecule has 0 saturated carbocycles. The van der Waals surface area contributed by atoms with Gasteiger partial charge in [-0.1, -0.05) is 30.3 Å². The Morgan fingerprint density at radius 3 is 2.53 bits per heavy atom. The van der Waals surface area contributed by atoms with Gasteiger partial charge < -0.3 is 5.11 Å². The maximum Gasteiger partial charge on any atom is 0.313 e. The summed E-state index contributed by atoms with van der Waals surface area (Å²) in [7, 11) is 0. The second-order valence-corrected chi connectivity index (χ2v) is 4.94. The van der Waals surface area contributed by atoms with Gasteiger partial charge in [0.15, 0.2) is 0 Å². The zero-order valence-corrected chi connectivity index (χ0v) is 10.3. The summed E-state index contributed by atoms with van der Waals surface area (Å²) in [4.78, 5) is 11.2. The van der Waals surface area contributed by atoms with E-state index in [1.165, 1.54) is 5.56 Å². The van der Waals surface area contributed by atoms with Gasteiger partial charge in [-0.2, -0.15) is 0 Å². The molecule has 0 radical (unpaired) electrons. The summed E-state index contributed by atoms with van der Waals surface area (Å²) in [5.74, 6) is -0.801. The van der Waals surface area contributed by atoms with Gasteiger partial charge in [-0.15, -0.1) is 0 Å². The third kappa shape index (κ3) is 1.91. The summed E-state index contributed by atoms with van der Waals surface area (Å²) in [6.45, 7) is 5.50. The largest absolute Gasteiger partial charge is 0.481 e. The molecule has 0 aromatic heterocycles. The Kier molecular flexibility index (Phi) is 2.66. The van der Waals surface area contributed by atoms with Crippen LogP contribution in [0.1, 0.15) is 25.0 Å². The minimum Gasteiger partial charge on any atom is -0.481 e. The van der Waals surface area contributed by atoms with Crippen molar-refractivity contribution in [1.29, 1.82) is 0 Å². The molecule has 88 valence electrons. The highest BCUT2D eigenvalue weighted by molar-refractivity contribution is 5.88.